The summed E-state index contributed by atoms with van der Waals surface area (Å²) in [5.41, 5.74) is -0.0316. The van der Waals surface area contributed by atoms with Gasteiger partial charge in [-0.2, -0.15) is 0 Å². The number of rotatable bonds is 3. The number of aromatic nitrogens is 4. The van der Waals surface area contributed by atoms with Crippen LogP contribution in [0, 0.1) is 0 Å². The Morgan fingerprint density at radius 1 is 1.28 bits per heavy atom. The van der Waals surface area contributed by atoms with Crippen LogP contribution in [0.15, 0.2) is 38.6 Å². The van der Waals surface area contributed by atoms with E-state index in [0.717, 1.165) is 9.04 Å². The van der Waals surface area contributed by atoms with Crippen molar-refractivity contribution in [1.82, 2.24) is 18.7 Å². The van der Waals surface area contributed by atoms with Gasteiger partial charge in [-0.1, -0.05) is 11.6 Å². The van der Waals surface area contributed by atoms with Crippen molar-refractivity contribution >= 4 is 50.3 Å². The van der Waals surface area contributed by atoms with Crippen LogP contribution < -0.4 is 16.6 Å². The second kappa shape index (κ2) is 6.49. The maximum absolute atomic E-state index is 12.3. The van der Waals surface area contributed by atoms with Crippen LogP contribution in [0.4, 0.5) is 5.69 Å². The Hall–Kier alpha value is -2.39. The number of nitrogens with one attached hydrogen (secondary N) is 1. The van der Waals surface area contributed by atoms with Gasteiger partial charge in [0.2, 0.25) is 5.91 Å². The average Bonchev–Trinajstić information content (AvgIpc) is 2.98. The fourth-order valence-corrected chi connectivity index (χ4v) is 2.87. The van der Waals surface area contributed by atoms with Crippen molar-refractivity contribution in [3.63, 3.8) is 0 Å². The lowest BCUT2D eigenvalue weighted by Crippen LogP contribution is -2.37. The maximum Gasteiger partial charge on any atom is 0.332 e. The minimum atomic E-state index is -0.505. The average molecular weight is 427 g/mol. The van der Waals surface area contributed by atoms with Gasteiger partial charge >= 0.3 is 5.69 Å². The summed E-state index contributed by atoms with van der Waals surface area (Å²) in [5, 5.41) is 3.17. The lowest BCUT2D eigenvalue weighted by atomic mass is 10.3. The lowest BCUT2D eigenvalue weighted by molar-refractivity contribution is -0.116. The molecule has 2 aromatic heterocycles. The number of carbonyl (C=O) groups excluding carboxylic acids is 1. The zero-order valence-electron chi connectivity index (χ0n) is 13.3. The number of fused-ring (bicyclic) bond motifs is 1. The van der Waals surface area contributed by atoms with Gasteiger partial charge in [0.1, 0.15) is 6.54 Å². The van der Waals surface area contributed by atoms with Crippen molar-refractivity contribution in [2.24, 2.45) is 14.1 Å². The number of imidazole rings is 1. The molecule has 0 saturated carbocycles. The van der Waals surface area contributed by atoms with E-state index in [-0.39, 0.29) is 23.6 Å². The van der Waals surface area contributed by atoms with Gasteiger partial charge in [-0.05, 0) is 34.1 Å². The molecule has 3 aromatic rings. The molecule has 0 unspecified atom stereocenters. The molecule has 0 aliphatic rings. The molecule has 0 aliphatic heterocycles. The molecule has 0 saturated heterocycles. The Morgan fingerprint density at radius 2 is 2.00 bits per heavy atom. The van der Waals surface area contributed by atoms with E-state index in [1.165, 1.54) is 29.6 Å². The van der Waals surface area contributed by atoms with Crippen molar-refractivity contribution in [3.8, 4) is 0 Å². The van der Waals surface area contributed by atoms with Gasteiger partial charge in [-0.15, -0.1) is 0 Å². The molecule has 130 valence electrons. The topological polar surface area (TPSA) is 90.9 Å². The predicted molar refractivity (Wildman–Crippen MR) is 98.0 cm³/mol. The smallest absolute Gasteiger partial charge is 0.324 e. The first kappa shape index (κ1) is 17.4. The second-order valence-corrected chi connectivity index (χ2v) is 6.69. The second-order valence-electron chi connectivity index (χ2n) is 5.43. The molecule has 0 atom stereocenters. The van der Waals surface area contributed by atoms with Crippen molar-refractivity contribution in [3.05, 3.63) is 54.9 Å². The molecule has 8 nitrogen and oxygen atoms in total. The summed E-state index contributed by atoms with van der Waals surface area (Å²) >= 11 is 9.28. The fraction of sp³-hybridized carbons (Fsp3) is 0.200. The Labute approximate surface area is 154 Å². The molecule has 1 N–H and O–H groups in total. The molecule has 1 amide bonds. The van der Waals surface area contributed by atoms with Crippen molar-refractivity contribution in [2.45, 2.75) is 6.54 Å². The molecule has 2 heterocycles. The maximum atomic E-state index is 12.3. The van der Waals surface area contributed by atoms with E-state index >= 15 is 0 Å². The monoisotopic (exact) mass is 425 g/mol. The van der Waals surface area contributed by atoms with E-state index in [0.29, 0.717) is 10.7 Å². The summed E-state index contributed by atoms with van der Waals surface area (Å²) in [4.78, 5) is 40.6. The van der Waals surface area contributed by atoms with Crippen LogP contribution >= 0.6 is 27.5 Å². The molecule has 0 spiro atoms. The van der Waals surface area contributed by atoms with Gasteiger partial charge in [-0.3, -0.25) is 18.7 Å². The molecular formula is C15H13BrClN5O3. The van der Waals surface area contributed by atoms with Crippen LogP contribution in [0.5, 0.6) is 0 Å². The molecule has 3 rings (SSSR count). The van der Waals surface area contributed by atoms with Crippen molar-refractivity contribution in [1.29, 1.82) is 0 Å². The molecule has 1 aromatic carbocycles. The predicted octanol–water partition coefficient (Wildman–Crippen LogP) is 1.49. The number of hydrogen-bond acceptors (Lipinski definition) is 4. The van der Waals surface area contributed by atoms with Crippen LogP contribution in [0.2, 0.25) is 5.02 Å². The zero-order valence-corrected chi connectivity index (χ0v) is 15.6. The SMILES string of the molecule is Cn1c(=O)c2c(ncn2CC(=O)Nc2ccc(Br)c(Cl)c2)n(C)c1=O. The highest BCUT2D eigenvalue weighted by Gasteiger charge is 2.16. The molecule has 0 fully saturated rings. The number of halogens is 2. The van der Waals surface area contributed by atoms with E-state index in [1.807, 2.05) is 0 Å². The molecular weight excluding hydrogens is 414 g/mol. The Balaban J connectivity index is 1.93. The van der Waals surface area contributed by atoms with E-state index in [9.17, 15) is 14.4 Å². The normalized spacial score (nSPS) is 11.0. The van der Waals surface area contributed by atoms with Gasteiger partial charge in [0.05, 0.1) is 11.3 Å². The summed E-state index contributed by atoms with van der Waals surface area (Å²) < 4.78 is 4.37. The third kappa shape index (κ3) is 3.12. The number of nitrogens with zero attached hydrogens (tertiary/aromatic N) is 4. The van der Waals surface area contributed by atoms with Crippen LogP contribution in [0.1, 0.15) is 0 Å². The lowest BCUT2D eigenvalue weighted by Gasteiger charge is -2.08. The van der Waals surface area contributed by atoms with Crippen LogP contribution in [0.25, 0.3) is 11.2 Å². The first-order valence-corrected chi connectivity index (χ1v) is 8.32. The summed E-state index contributed by atoms with van der Waals surface area (Å²) in [6.07, 6.45) is 1.36. The largest absolute Gasteiger partial charge is 0.332 e. The quantitative estimate of drug-likeness (QED) is 0.687. The molecule has 25 heavy (non-hydrogen) atoms. The number of amides is 1. The van der Waals surface area contributed by atoms with E-state index in [4.69, 9.17) is 11.6 Å². The Bertz CT molecular complexity index is 1110. The van der Waals surface area contributed by atoms with E-state index < -0.39 is 11.2 Å². The van der Waals surface area contributed by atoms with Gasteiger partial charge in [0, 0.05) is 24.3 Å². The highest BCUT2D eigenvalue weighted by atomic mass is 79.9. The molecule has 10 heteroatoms. The minimum absolute atomic E-state index is 0.127. The Morgan fingerprint density at radius 3 is 2.68 bits per heavy atom. The fourth-order valence-electron chi connectivity index (χ4n) is 2.45. The number of anilines is 1. The summed E-state index contributed by atoms with van der Waals surface area (Å²) in [7, 11) is 2.90. The number of carbonyl (C=O) groups is 1. The van der Waals surface area contributed by atoms with Gasteiger partial charge in [0.15, 0.2) is 11.2 Å². The summed E-state index contributed by atoms with van der Waals surface area (Å²) in [6.45, 7) is -0.127. The highest BCUT2D eigenvalue weighted by molar-refractivity contribution is 9.10. The molecule has 0 aliphatic carbocycles. The third-order valence-electron chi connectivity index (χ3n) is 3.73. The van der Waals surface area contributed by atoms with Gasteiger partial charge in [0.25, 0.3) is 5.56 Å². The summed E-state index contributed by atoms with van der Waals surface area (Å²) in [6, 6.07) is 5.02. The van der Waals surface area contributed by atoms with Crippen molar-refractivity contribution in [2.75, 3.05) is 5.32 Å². The number of hydrogen-bond donors (Lipinski definition) is 1. The first-order chi connectivity index (χ1) is 11.8. The van der Waals surface area contributed by atoms with Crippen LogP contribution in [0.3, 0.4) is 0 Å². The first-order valence-electron chi connectivity index (χ1n) is 7.15. The van der Waals surface area contributed by atoms with Gasteiger partial charge < -0.3 is 9.88 Å². The van der Waals surface area contributed by atoms with E-state index in [2.05, 4.69) is 26.2 Å². The standard InChI is InChI=1S/C15H13BrClN5O3/c1-20-13-12(14(24)21(2)15(20)25)22(7-18-13)6-11(23)19-8-3-4-9(16)10(17)5-8/h3-5,7H,6H2,1-2H3,(H,19,23). The Kier molecular flexibility index (Phi) is 4.53. The van der Waals surface area contributed by atoms with Gasteiger partial charge in [-0.25, -0.2) is 9.78 Å². The zero-order chi connectivity index (χ0) is 18.3. The number of aryl methyl sites for hydroxylation is 1. The molecule has 0 bridgehead atoms. The molecule has 0 radical (unpaired) electrons. The van der Waals surface area contributed by atoms with Crippen LogP contribution in [-0.2, 0) is 25.4 Å². The highest BCUT2D eigenvalue weighted by Crippen LogP contribution is 2.25. The minimum Gasteiger partial charge on any atom is -0.324 e. The van der Waals surface area contributed by atoms with Crippen molar-refractivity contribution < 1.29 is 4.79 Å². The van der Waals surface area contributed by atoms with E-state index in [1.54, 1.807) is 18.2 Å². The third-order valence-corrected chi connectivity index (χ3v) is 4.97. The van der Waals surface area contributed by atoms with Crippen LogP contribution in [-0.4, -0.2) is 24.6 Å². The number of benzene rings is 1. The summed E-state index contributed by atoms with van der Waals surface area (Å²) in [5.74, 6) is -0.353.